The van der Waals surface area contributed by atoms with Crippen LogP contribution in [0.2, 0.25) is 0 Å². The highest BCUT2D eigenvalue weighted by Crippen LogP contribution is 2.22. The number of hydrogen-bond donors (Lipinski definition) is 3. The molecule has 3 N–H and O–H groups in total. The van der Waals surface area contributed by atoms with Crippen LogP contribution in [0.3, 0.4) is 0 Å². The van der Waals surface area contributed by atoms with Gasteiger partial charge in [0, 0.05) is 32.2 Å². The van der Waals surface area contributed by atoms with Crippen LogP contribution in [0.15, 0.2) is 30.3 Å². The van der Waals surface area contributed by atoms with Crippen LogP contribution in [0.1, 0.15) is 5.82 Å². The van der Waals surface area contributed by atoms with Crippen molar-refractivity contribution in [1.29, 1.82) is 0 Å². The molecule has 1 aliphatic rings. The number of hydrogen-bond acceptors (Lipinski definition) is 7. The Morgan fingerprint density at radius 3 is 2.79 bits per heavy atom. The number of rotatable bonds is 7. The summed E-state index contributed by atoms with van der Waals surface area (Å²) in [4.78, 5) is 23.2. The number of methoxy groups -OCH3 is 1. The Hall–Kier alpha value is -3.07. The van der Waals surface area contributed by atoms with Gasteiger partial charge in [-0.15, -0.1) is 0 Å². The molecule has 0 unspecified atom stereocenters. The van der Waals surface area contributed by atoms with E-state index in [0.717, 1.165) is 24.7 Å². The molecule has 28 heavy (non-hydrogen) atoms. The smallest absolute Gasteiger partial charge is 0.319 e. The lowest BCUT2D eigenvalue weighted by Gasteiger charge is -2.28. The van der Waals surface area contributed by atoms with Crippen molar-refractivity contribution in [3.05, 3.63) is 36.2 Å². The number of aryl methyl sites for hydroxylation is 1. The molecule has 0 atom stereocenters. The summed E-state index contributed by atoms with van der Waals surface area (Å²) >= 11 is 0. The molecule has 0 radical (unpaired) electrons. The number of urea groups is 1. The van der Waals surface area contributed by atoms with E-state index in [9.17, 15) is 4.79 Å². The van der Waals surface area contributed by atoms with Gasteiger partial charge in [0.25, 0.3) is 0 Å². The van der Waals surface area contributed by atoms with Gasteiger partial charge in [0.1, 0.15) is 23.2 Å². The van der Waals surface area contributed by atoms with Gasteiger partial charge < -0.3 is 30.3 Å². The number of aromatic nitrogens is 2. The molecule has 9 heteroatoms. The van der Waals surface area contributed by atoms with Gasteiger partial charge in [-0.05, 0) is 19.1 Å². The van der Waals surface area contributed by atoms with E-state index in [-0.39, 0.29) is 6.03 Å². The normalized spacial score (nSPS) is 13.7. The lowest BCUT2D eigenvalue weighted by Crippen LogP contribution is -2.37. The third-order valence-corrected chi connectivity index (χ3v) is 4.23. The van der Waals surface area contributed by atoms with Crippen molar-refractivity contribution >= 4 is 23.4 Å². The van der Waals surface area contributed by atoms with Gasteiger partial charge in [-0.2, -0.15) is 0 Å². The number of benzene rings is 1. The SMILES string of the molecule is COc1ccccc1NC(=O)NCCNc1cc(N2CCOCC2)nc(C)n1. The number of ether oxygens (including phenoxy) is 2. The van der Waals surface area contributed by atoms with E-state index in [0.29, 0.717) is 43.6 Å². The van der Waals surface area contributed by atoms with Gasteiger partial charge in [0.2, 0.25) is 0 Å². The van der Waals surface area contributed by atoms with Gasteiger partial charge in [-0.25, -0.2) is 14.8 Å². The molecule has 3 rings (SSSR count). The molecule has 2 aromatic rings. The van der Waals surface area contributed by atoms with Crippen LogP contribution in [0.25, 0.3) is 0 Å². The third kappa shape index (κ3) is 5.46. The number of amides is 2. The highest BCUT2D eigenvalue weighted by molar-refractivity contribution is 5.90. The summed E-state index contributed by atoms with van der Waals surface area (Å²) in [6, 6.07) is 8.89. The predicted octanol–water partition coefficient (Wildman–Crippen LogP) is 1.86. The highest BCUT2D eigenvalue weighted by Gasteiger charge is 2.14. The zero-order valence-corrected chi connectivity index (χ0v) is 16.2. The molecule has 9 nitrogen and oxygen atoms in total. The zero-order chi connectivity index (χ0) is 19.8. The summed E-state index contributed by atoms with van der Waals surface area (Å²) in [7, 11) is 1.57. The van der Waals surface area contributed by atoms with E-state index >= 15 is 0 Å². The van der Waals surface area contributed by atoms with E-state index in [1.54, 1.807) is 19.2 Å². The highest BCUT2D eigenvalue weighted by atomic mass is 16.5. The summed E-state index contributed by atoms with van der Waals surface area (Å²) in [5.74, 6) is 2.94. The Kier molecular flexibility index (Phi) is 6.85. The molecule has 1 aliphatic heterocycles. The molecule has 0 saturated carbocycles. The van der Waals surface area contributed by atoms with Crippen molar-refractivity contribution in [3.63, 3.8) is 0 Å². The minimum Gasteiger partial charge on any atom is -0.495 e. The van der Waals surface area contributed by atoms with E-state index < -0.39 is 0 Å². The maximum Gasteiger partial charge on any atom is 0.319 e. The molecule has 150 valence electrons. The first-order chi connectivity index (χ1) is 13.7. The maximum absolute atomic E-state index is 12.1. The molecule has 1 fully saturated rings. The van der Waals surface area contributed by atoms with Crippen molar-refractivity contribution < 1.29 is 14.3 Å². The van der Waals surface area contributed by atoms with E-state index in [2.05, 4.69) is 30.8 Å². The Labute approximate surface area is 164 Å². The standard InChI is InChI=1S/C19H26N6O3/c1-14-22-17(13-18(23-14)25-9-11-28-12-10-25)20-7-8-21-19(26)24-15-5-3-4-6-16(15)27-2/h3-6,13H,7-12H2,1-2H3,(H,20,22,23)(H2,21,24,26). The van der Waals surface area contributed by atoms with Gasteiger partial charge in [-0.1, -0.05) is 12.1 Å². The molecule has 1 aromatic carbocycles. The summed E-state index contributed by atoms with van der Waals surface area (Å²) in [5, 5.41) is 8.81. The number of para-hydroxylation sites is 2. The fraction of sp³-hybridized carbons (Fsp3) is 0.421. The lowest BCUT2D eigenvalue weighted by molar-refractivity contribution is 0.122. The van der Waals surface area contributed by atoms with Gasteiger partial charge >= 0.3 is 6.03 Å². The van der Waals surface area contributed by atoms with Gasteiger partial charge in [-0.3, -0.25) is 0 Å². The molecule has 2 heterocycles. The van der Waals surface area contributed by atoms with E-state index in [4.69, 9.17) is 9.47 Å². The number of nitrogens with zero attached hydrogens (tertiary/aromatic N) is 3. The molecule has 0 spiro atoms. The zero-order valence-electron chi connectivity index (χ0n) is 16.2. The minimum atomic E-state index is -0.292. The first-order valence-electron chi connectivity index (χ1n) is 9.26. The van der Waals surface area contributed by atoms with Crippen LogP contribution < -0.4 is 25.6 Å². The third-order valence-electron chi connectivity index (χ3n) is 4.23. The van der Waals surface area contributed by atoms with Gasteiger partial charge in [0.05, 0.1) is 26.0 Å². The fourth-order valence-electron chi connectivity index (χ4n) is 2.88. The van der Waals surface area contributed by atoms with Gasteiger partial charge in [0.15, 0.2) is 0 Å². The fourth-order valence-corrected chi connectivity index (χ4v) is 2.88. The molecule has 1 aromatic heterocycles. The number of carbonyl (C=O) groups excluding carboxylic acids is 1. The van der Waals surface area contributed by atoms with Crippen molar-refractivity contribution in [2.75, 3.05) is 62.0 Å². The van der Waals surface area contributed by atoms with Crippen LogP contribution in [-0.2, 0) is 4.74 Å². The predicted molar refractivity (Wildman–Crippen MR) is 108 cm³/mol. The largest absolute Gasteiger partial charge is 0.495 e. The van der Waals surface area contributed by atoms with E-state index in [1.807, 2.05) is 25.1 Å². The molecule has 0 aliphatic carbocycles. The Morgan fingerprint density at radius 1 is 1.21 bits per heavy atom. The van der Waals surface area contributed by atoms with Crippen LogP contribution >= 0.6 is 0 Å². The quantitative estimate of drug-likeness (QED) is 0.625. The summed E-state index contributed by atoms with van der Waals surface area (Å²) in [6.45, 7) is 5.90. The lowest BCUT2D eigenvalue weighted by atomic mass is 10.3. The summed E-state index contributed by atoms with van der Waals surface area (Å²) < 4.78 is 10.6. The molecular weight excluding hydrogens is 360 g/mol. The Bertz CT molecular complexity index is 795. The molecule has 2 amide bonds. The van der Waals surface area contributed by atoms with Crippen molar-refractivity contribution in [1.82, 2.24) is 15.3 Å². The number of morpholine rings is 1. The Balaban J connectivity index is 1.47. The van der Waals surface area contributed by atoms with Crippen LogP contribution in [0.5, 0.6) is 5.75 Å². The monoisotopic (exact) mass is 386 g/mol. The number of carbonyl (C=O) groups is 1. The van der Waals surface area contributed by atoms with Crippen molar-refractivity contribution in [2.45, 2.75) is 6.92 Å². The molecular formula is C19H26N6O3. The summed E-state index contributed by atoms with van der Waals surface area (Å²) in [5.41, 5.74) is 0.622. The van der Waals surface area contributed by atoms with E-state index in [1.165, 1.54) is 0 Å². The average Bonchev–Trinajstić information content (AvgIpc) is 2.72. The topological polar surface area (TPSA) is 101 Å². The Morgan fingerprint density at radius 2 is 2.00 bits per heavy atom. The first-order valence-corrected chi connectivity index (χ1v) is 9.26. The second-order valence-electron chi connectivity index (χ2n) is 6.27. The molecule has 0 bridgehead atoms. The van der Waals surface area contributed by atoms with Crippen molar-refractivity contribution in [3.8, 4) is 5.75 Å². The average molecular weight is 386 g/mol. The number of nitrogens with one attached hydrogen (secondary N) is 3. The first kappa shape index (κ1) is 19.7. The second-order valence-corrected chi connectivity index (χ2v) is 6.27. The molecule has 1 saturated heterocycles. The van der Waals surface area contributed by atoms with Crippen LogP contribution in [0, 0.1) is 6.92 Å². The minimum absolute atomic E-state index is 0.292. The van der Waals surface area contributed by atoms with Crippen LogP contribution in [0.4, 0.5) is 22.1 Å². The maximum atomic E-state index is 12.1. The van der Waals surface area contributed by atoms with Crippen molar-refractivity contribution in [2.24, 2.45) is 0 Å². The second kappa shape index (κ2) is 9.75. The summed E-state index contributed by atoms with van der Waals surface area (Å²) in [6.07, 6.45) is 0. The number of anilines is 3. The van der Waals surface area contributed by atoms with Crippen LogP contribution in [-0.4, -0.2) is 62.5 Å².